The van der Waals surface area contributed by atoms with Gasteiger partial charge < -0.3 is 9.47 Å². The molecule has 0 bridgehead atoms. The van der Waals surface area contributed by atoms with Gasteiger partial charge in [0.1, 0.15) is 5.75 Å². The van der Waals surface area contributed by atoms with Crippen LogP contribution in [0.5, 0.6) is 5.75 Å². The molecular formula is C12H16N2O3. The van der Waals surface area contributed by atoms with Gasteiger partial charge in [-0.1, -0.05) is 12.1 Å². The molecule has 1 rings (SSSR count). The maximum absolute atomic E-state index is 11.0. The second-order valence-electron chi connectivity index (χ2n) is 3.26. The molecule has 5 heteroatoms. The Labute approximate surface area is 100 Å². The number of ether oxygens (including phenoxy) is 2. The third kappa shape index (κ3) is 4.14. The molecule has 0 aromatic heterocycles. The maximum Gasteiger partial charge on any atom is 0.427 e. The maximum atomic E-state index is 11.0. The highest BCUT2D eigenvalue weighted by atomic mass is 16.5. The number of hydrazone groups is 1. The number of benzene rings is 1. The highest BCUT2D eigenvalue weighted by molar-refractivity contribution is 5.99. The lowest BCUT2D eigenvalue weighted by atomic mass is 10.1. The summed E-state index contributed by atoms with van der Waals surface area (Å²) < 4.78 is 9.79. The molecule has 0 heterocycles. The van der Waals surface area contributed by atoms with Crippen LogP contribution in [0.2, 0.25) is 0 Å². The van der Waals surface area contributed by atoms with Crippen LogP contribution in [-0.2, 0) is 4.74 Å². The minimum absolute atomic E-state index is 0.319. The molecule has 1 aromatic carbocycles. The second kappa shape index (κ2) is 6.52. The van der Waals surface area contributed by atoms with Gasteiger partial charge in [-0.2, -0.15) is 5.10 Å². The lowest BCUT2D eigenvalue weighted by Crippen LogP contribution is -2.20. The Morgan fingerprint density at radius 1 is 1.47 bits per heavy atom. The van der Waals surface area contributed by atoms with Gasteiger partial charge in [-0.3, -0.25) is 0 Å². The van der Waals surface area contributed by atoms with Gasteiger partial charge in [0.25, 0.3) is 0 Å². The number of carbonyl (C=O) groups is 1. The van der Waals surface area contributed by atoms with Gasteiger partial charge in [0, 0.05) is 5.56 Å². The Morgan fingerprint density at radius 2 is 2.24 bits per heavy atom. The minimum atomic E-state index is -0.560. The molecule has 0 aliphatic rings. The Kier molecular flexibility index (Phi) is 5.00. The summed E-state index contributed by atoms with van der Waals surface area (Å²) in [5.74, 6) is 0.744. The number of nitrogens with one attached hydrogen (secondary N) is 1. The lowest BCUT2D eigenvalue weighted by molar-refractivity contribution is 0.152. The van der Waals surface area contributed by atoms with Crippen molar-refractivity contribution in [3.63, 3.8) is 0 Å². The predicted octanol–water partition coefficient (Wildman–Crippen LogP) is 2.17. The van der Waals surface area contributed by atoms with E-state index in [2.05, 4.69) is 10.5 Å². The molecular weight excluding hydrogens is 220 g/mol. The molecule has 0 fully saturated rings. The van der Waals surface area contributed by atoms with E-state index in [0.29, 0.717) is 12.3 Å². The van der Waals surface area contributed by atoms with E-state index in [1.54, 1.807) is 21.0 Å². The van der Waals surface area contributed by atoms with Gasteiger partial charge >= 0.3 is 6.09 Å². The van der Waals surface area contributed by atoms with Crippen molar-refractivity contribution >= 4 is 11.8 Å². The average Bonchev–Trinajstić information content (AvgIpc) is 2.36. The first-order chi connectivity index (χ1) is 8.17. The summed E-state index contributed by atoms with van der Waals surface area (Å²) in [5.41, 5.74) is 3.86. The van der Waals surface area contributed by atoms with Gasteiger partial charge in [0.15, 0.2) is 0 Å². The zero-order chi connectivity index (χ0) is 12.7. The van der Waals surface area contributed by atoms with Gasteiger partial charge in [-0.15, -0.1) is 0 Å². The zero-order valence-electron chi connectivity index (χ0n) is 10.2. The lowest BCUT2D eigenvalue weighted by Gasteiger charge is -2.04. The Balaban J connectivity index is 2.70. The molecule has 1 aromatic rings. The van der Waals surface area contributed by atoms with Gasteiger partial charge in [-0.05, 0) is 26.0 Å². The van der Waals surface area contributed by atoms with Crippen molar-refractivity contribution in [2.75, 3.05) is 13.7 Å². The fourth-order valence-corrected chi connectivity index (χ4v) is 1.21. The molecule has 0 saturated carbocycles. The topological polar surface area (TPSA) is 59.9 Å². The van der Waals surface area contributed by atoms with Crippen LogP contribution >= 0.6 is 0 Å². The first-order valence-corrected chi connectivity index (χ1v) is 5.28. The fourth-order valence-electron chi connectivity index (χ4n) is 1.21. The van der Waals surface area contributed by atoms with E-state index in [1.807, 2.05) is 24.3 Å². The molecule has 0 saturated heterocycles. The Morgan fingerprint density at radius 3 is 2.88 bits per heavy atom. The molecule has 0 radical (unpaired) electrons. The van der Waals surface area contributed by atoms with Crippen LogP contribution in [-0.4, -0.2) is 25.5 Å². The molecule has 0 aliphatic carbocycles. The first-order valence-electron chi connectivity index (χ1n) is 5.28. The summed E-state index contributed by atoms with van der Waals surface area (Å²) in [7, 11) is 1.60. The summed E-state index contributed by atoms with van der Waals surface area (Å²) in [5, 5.41) is 3.92. The minimum Gasteiger partial charge on any atom is -0.497 e. The van der Waals surface area contributed by atoms with Crippen molar-refractivity contribution in [1.29, 1.82) is 0 Å². The van der Waals surface area contributed by atoms with Crippen LogP contribution in [0.4, 0.5) is 4.79 Å². The smallest absolute Gasteiger partial charge is 0.427 e. The van der Waals surface area contributed by atoms with E-state index in [9.17, 15) is 4.79 Å². The van der Waals surface area contributed by atoms with Crippen molar-refractivity contribution in [3.05, 3.63) is 29.8 Å². The van der Waals surface area contributed by atoms with Crippen LogP contribution in [0.1, 0.15) is 19.4 Å². The quantitative estimate of drug-likeness (QED) is 0.643. The largest absolute Gasteiger partial charge is 0.497 e. The third-order valence-corrected chi connectivity index (χ3v) is 2.08. The van der Waals surface area contributed by atoms with E-state index < -0.39 is 6.09 Å². The molecule has 1 N–H and O–H groups in total. The van der Waals surface area contributed by atoms with Crippen LogP contribution in [0.25, 0.3) is 0 Å². The van der Waals surface area contributed by atoms with Gasteiger partial charge in [0.2, 0.25) is 0 Å². The number of nitrogens with zero attached hydrogens (tertiary/aromatic N) is 1. The SMILES string of the molecule is CCOC(=O)NN=C(C)c1cccc(OC)c1. The molecule has 0 aliphatic heterocycles. The number of carbonyl (C=O) groups excluding carboxylic acids is 1. The molecule has 92 valence electrons. The fraction of sp³-hybridized carbons (Fsp3) is 0.333. The number of rotatable bonds is 4. The number of amides is 1. The zero-order valence-corrected chi connectivity index (χ0v) is 10.2. The number of hydrogen-bond acceptors (Lipinski definition) is 4. The van der Waals surface area contributed by atoms with Crippen molar-refractivity contribution < 1.29 is 14.3 Å². The van der Waals surface area contributed by atoms with Crippen molar-refractivity contribution in [1.82, 2.24) is 5.43 Å². The molecule has 17 heavy (non-hydrogen) atoms. The summed E-state index contributed by atoms with van der Waals surface area (Å²) in [6.45, 7) is 3.85. The summed E-state index contributed by atoms with van der Waals surface area (Å²) >= 11 is 0. The average molecular weight is 236 g/mol. The number of hydrogen-bond donors (Lipinski definition) is 1. The summed E-state index contributed by atoms with van der Waals surface area (Å²) in [6, 6.07) is 7.42. The molecule has 0 spiro atoms. The van der Waals surface area contributed by atoms with Crippen LogP contribution in [0, 0.1) is 0 Å². The standard InChI is InChI=1S/C12H16N2O3/c1-4-17-12(15)14-13-9(2)10-6-5-7-11(8-10)16-3/h5-8H,4H2,1-3H3,(H,14,15). The van der Waals surface area contributed by atoms with Gasteiger partial charge in [0.05, 0.1) is 19.4 Å². The molecule has 5 nitrogen and oxygen atoms in total. The van der Waals surface area contributed by atoms with Gasteiger partial charge in [-0.25, -0.2) is 10.2 Å². The van der Waals surface area contributed by atoms with Crippen LogP contribution in [0.3, 0.4) is 0 Å². The van der Waals surface area contributed by atoms with Crippen LogP contribution < -0.4 is 10.2 Å². The van der Waals surface area contributed by atoms with Crippen molar-refractivity contribution in [2.24, 2.45) is 5.10 Å². The monoisotopic (exact) mass is 236 g/mol. The normalized spacial score (nSPS) is 10.9. The van der Waals surface area contributed by atoms with Crippen molar-refractivity contribution in [3.8, 4) is 5.75 Å². The summed E-state index contributed by atoms with van der Waals surface area (Å²) in [4.78, 5) is 11.0. The highest BCUT2D eigenvalue weighted by Crippen LogP contribution is 2.12. The van der Waals surface area contributed by atoms with E-state index in [0.717, 1.165) is 11.3 Å². The second-order valence-corrected chi connectivity index (χ2v) is 3.26. The van der Waals surface area contributed by atoms with E-state index >= 15 is 0 Å². The first kappa shape index (κ1) is 13.0. The third-order valence-electron chi connectivity index (χ3n) is 2.08. The highest BCUT2D eigenvalue weighted by Gasteiger charge is 2.01. The van der Waals surface area contributed by atoms with E-state index in [1.165, 1.54) is 0 Å². The molecule has 0 atom stereocenters. The van der Waals surface area contributed by atoms with Crippen LogP contribution in [0.15, 0.2) is 29.4 Å². The van der Waals surface area contributed by atoms with E-state index in [4.69, 9.17) is 9.47 Å². The molecule has 1 amide bonds. The summed E-state index contributed by atoms with van der Waals surface area (Å²) in [6.07, 6.45) is -0.560. The number of methoxy groups -OCH3 is 1. The Bertz CT molecular complexity index is 416. The van der Waals surface area contributed by atoms with E-state index in [-0.39, 0.29) is 0 Å². The predicted molar refractivity (Wildman–Crippen MR) is 65.4 cm³/mol. The molecule has 0 unspecified atom stereocenters. The van der Waals surface area contributed by atoms with Crippen molar-refractivity contribution in [2.45, 2.75) is 13.8 Å². The Hall–Kier alpha value is -2.04.